The molecule has 0 heterocycles. The van der Waals surface area contributed by atoms with Gasteiger partial charge in [0, 0.05) is 0 Å². The highest BCUT2D eigenvalue weighted by Gasteiger charge is 2.38. The molecule has 0 spiro atoms. The first-order valence-corrected chi connectivity index (χ1v) is 7.56. The molecule has 0 saturated carbocycles. The molecule has 0 bridgehead atoms. The van der Waals surface area contributed by atoms with E-state index in [0.717, 1.165) is 18.2 Å². The number of carbonyl (C=O) groups is 2. The number of hydrogen-bond donors (Lipinski definition) is 0. The van der Waals surface area contributed by atoms with Crippen LogP contribution in [0, 0.1) is 17.0 Å². The summed E-state index contributed by atoms with van der Waals surface area (Å²) in [5.41, 5.74) is -1.49. The van der Waals surface area contributed by atoms with Gasteiger partial charge in [-0.25, -0.2) is 8.78 Å². The van der Waals surface area contributed by atoms with Gasteiger partial charge in [-0.3, -0.25) is 13.8 Å². The Morgan fingerprint density at radius 1 is 1.29 bits per heavy atom. The summed E-state index contributed by atoms with van der Waals surface area (Å²) in [7, 11) is -2.07. The van der Waals surface area contributed by atoms with Crippen LogP contribution in [0.4, 0.5) is 8.78 Å². The maximum Gasteiger partial charge on any atom is 0.319 e. The van der Waals surface area contributed by atoms with Crippen LogP contribution >= 0.6 is 0 Å². The molecule has 0 fully saturated rings. The normalized spacial score (nSPS) is 12.8. The van der Waals surface area contributed by atoms with E-state index in [1.807, 2.05) is 0 Å². The minimum atomic E-state index is -2.07. The van der Waals surface area contributed by atoms with Gasteiger partial charge >= 0.3 is 5.97 Å². The third-order valence-electron chi connectivity index (χ3n) is 2.88. The van der Waals surface area contributed by atoms with Gasteiger partial charge < -0.3 is 4.74 Å². The summed E-state index contributed by atoms with van der Waals surface area (Å²) in [5, 5.41) is 0. The first kappa shape index (κ1) is 17.4. The number of carbonyl (C=O) groups excluding carboxylic acids is 2. The van der Waals surface area contributed by atoms with Crippen LogP contribution in [0.5, 0.6) is 0 Å². The molecule has 0 radical (unpaired) electrons. The third kappa shape index (κ3) is 4.17. The smallest absolute Gasteiger partial charge is 0.319 e. The monoisotopic (exact) mass is 318 g/mol. The number of halogens is 2. The maximum atomic E-state index is 13.5. The van der Waals surface area contributed by atoms with Crippen molar-refractivity contribution < 1.29 is 27.3 Å². The number of hydrogen-bond acceptors (Lipinski definition) is 4. The highest BCUT2D eigenvalue weighted by Crippen LogP contribution is 2.22. The predicted octanol–water partition coefficient (Wildman–Crippen LogP) is 2.23. The van der Waals surface area contributed by atoms with Gasteiger partial charge in [0.15, 0.2) is 5.78 Å². The predicted molar refractivity (Wildman–Crippen MR) is 73.1 cm³/mol. The number of ether oxygens (including phenoxy) is 1. The number of Topliss-reactive ketones (excluding diaryl/α,β-unsaturated/α-hetero) is 1. The molecule has 1 aromatic carbocycles. The van der Waals surface area contributed by atoms with Crippen molar-refractivity contribution in [3.05, 3.63) is 29.8 Å². The number of benzene rings is 1. The highest BCUT2D eigenvalue weighted by atomic mass is 32.2. The molecule has 4 nitrogen and oxygen atoms in total. The van der Waals surface area contributed by atoms with Gasteiger partial charge in [-0.1, -0.05) is 0 Å². The molecule has 1 unspecified atom stereocenters. The Bertz CT molecular complexity index is 584. The molecule has 0 aromatic heterocycles. The summed E-state index contributed by atoms with van der Waals surface area (Å²) in [6, 6.07) is 2.50. The van der Waals surface area contributed by atoms with Gasteiger partial charge in [0.05, 0.1) is 28.1 Å². The Morgan fingerprint density at radius 2 is 1.90 bits per heavy atom. The van der Waals surface area contributed by atoms with E-state index in [4.69, 9.17) is 4.74 Å². The third-order valence-corrected chi connectivity index (χ3v) is 4.21. The molecule has 0 saturated heterocycles. The van der Waals surface area contributed by atoms with Crippen LogP contribution in [0.1, 0.15) is 20.8 Å². The standard InChI is InChI=1S/C14H16F2O4S/c1-4-20-13(18)14(2,3)12(17)8-21(19)11-7-9(15)5-6-10(11)16/h5-7H,4,8H2,1-3H3. The summed E-state index contributed by atoms with van der Waals surface area (Å²) < 4.78 is 43.3. The first-order valence-electron chi connectivity index (χ1n) is 6.24. The Hall–Kier alpha value is -1.63. The summed E-state index contributed by atoms with van der Waals surface area (Å²) in [4.78, 5) is 23.3. The second-order valence-corrected chi connectivity index (χ2v) is 6.25. The molecule has 21 heavy (non-hydrogen) atoms. The lowest BCUT2D eigenvalue weighted by Crippen LogP contribution is -2.38. The fraction of sp³-hybridized carbons (Fsp3) is 0.429. The fourth-order valence-corrected chi connectivity index (χ4v) is 2.74. The van der Waals surface area contributed by atoms with Crippen molar-refractivity contribution >= 4 is 22.6 Å². The Kier molecular flexibility index (Phi) is 5.71. The van der Waals surface area contributed by atoms with E-state index in [1.54, 1.807) is 6.92 Å². The van der Waals surface area contributed by atoms with E-state index in [1.165, 1.54) is 13.8 Å². The first-order chi connectivity index (χ1) is 9.70. The van der Waals surface area contributed by atoms with Crippen molar-refractivity contribution in [1.82, 2.24) is 0 Å². The summed E-state index contributed by atoms with van der Waals surface area (Å²) >= 11 is 0. The van der Waals surface area contributed by atoms with Gasteiger partial charge in [-0.05, 0) is 39.0 Å². The van der Waals surface area contributed by atoms with Crippen molar-refractivity contribution in [3.63, 3.8) is 0 Å². The van der Waals surface area contributed by atoms with Crippen LogP contribution in [0.3, 0.4) is 0 Å². The zero-order chi connectivity index (χ0) is 16.2. The molecule has 0 aliphatic heterocycles. The quantitative estimate of drug-likeness (QED) is 0.596. The van der Waals surface area contributed by atoms with Crippen molar-refractivity contribution in [3.8, 4) is 0 Å². The summed E-state index contributed by atoms with van der Waals surface area (Å²) in [5.74, 6) is -3.62. The van der Waals surface area contributed by atoms with E-state index >= 15 is 0 Å². The molecule has 7 heteroatoms. The molecule has 0 aliphatic carbocycles. The van der Waals surface area contributed by atoms with Crippen molar-refractivity contribution in [1.29, 1.82) is 0 Å². The van der Waals surface area contributed by atoms with Gasteiger partial charge in [0.25, 0.3) is 0 Å². The SMILES string of the molecule is CCOC(=O)C(C)(C)C(=O)CS(=O)c1cc(F)ccc1F. The topological polar surface area (TPSA) is 60.4 Å². The van der Waals surface area contributed by atoms with Crippen LogP contribution in [-0.2, 0) is 25.1 Å². The maximum absolute atomic E-state index is 13.5. The molecule has 116 valence electrons. The number of rotatable bonds is 6. The van der Waals surface area contributed by atoms with Gasteiger partial charge in [0.2, 0.25) is 0 Å². The minimum absolute atomic E-state index is 0.108. The Morgan fingerprint density at radius 3 is 2.48 bits per heavy atom. The second-order valence-electron chi connectivity index (χ2n) is 4.83. The van der Waals surface area contributed by atoms with Crippen LogP contribution in [0.2, 0.25) is 0 Å². The van der Waals surface area contributed by atoms with E-state index in [9.17, 15) is 22.6 Å². The van der Waals surface area contributed by atoms with E-state index in [0.29, 0.717) is 0 Å². The lowest BCUT2D eigenvalue weighted by atomic mass is 9.89. The molecule has 0 amide bonds. The molecular formula is C14H16F2O4S. The van der Waals surface area contributed by atoms with Crippen LogP contribution in [0.15, 0.2) is 23.1 Å². The molecule has 1 atom stereocenters. The van der Waals surface area contributed by atoms with Crippen LogP contribution < -0.4 is 0 Å². The number of ketones is 1. The van der Waals surface area contributed by atoms with Crippen molar-refractivity contribution in [2.24, 2.45) is 5.41 Å². The lowest BCUT2D eigenvalue weighted by molar-refractivity contribution is -0.157. The van der Waals surface area contributed by atoms with E-state index in [-0.39, 0.29) is 6.61 Å². The second kappa shape index (κ2) is 6.89. The Labute approximate surface area is 123 Å². The average Bonchev–Trinajstić information content (AvgIpc) is 2.41. The highest BCUT2D eigenvalue weighted by molar-refractivity contribution is 7.85. The Balaban J connectivity index is 2.90. The van der Waals surface area contributed by atoms with Gasteiger partial charge in [0.1, 0.15) is 17.0 Å². The van der Waals surface area contributed by atoms with Crippen molar-refractivity contribution in [2.75, 3.05) is 12.4 Å². The van der Waals surface area contributed by atoms with E-state index < -0.39 is 50.2 Å². The van der Waals surface area contributed by atoms with Gasteiger partial charge in [-0.15, -0.1) is 0 Å². The summed E-state index contributed by atoms with van der Waals surface area (Å²) in [6.45, 7) is 4.38. The zero-order valence-corrected chi connectivity index (χ0v) is 12.8. The lowest BCUT2D eigenvalue weighted by Gasteiger charge is -2.20. The molecular weight excluding hydrogens is 302 g/mol. The zero-order valence-electron chi connectivity index (χ0n) is 11.9. The molecule has 0 aliphatic rings. The van der Waals surface area contributed by atoms with Crippen LogP contribution in [0.25, 0.3) is 0 Å². The largest absolute Gasteiger partial charge is 0.465 e. The van der Waals surface area contributed by atoms with E-state index in [2.05, 4.69) is 0 Å². The van der Waals surface area contributed by atoms with Crippen molar-refractivity contribution in [2.45, 2.75) is 25.7 Å². The molecule has 1 rings (SSSR count). The van der Waals surface area contributed by atoms with Crippen LogP contribution in [-0.4, -0.2) is 28.3 Å². The number of esters is 1. The van der Waals surface area contributed by atoms with Gasteiger partial charge in [-0.2, -0.15) is 0 Å². The molecule has 1 aromatic rings. The average molecular weight is 318 g/mol. The molecule has 0 N–H and O–H groups in total. The minimum Gasteiger partial charge on any atom is -0.465 e. The fourth-order valence-electron chi connectivity index (χ4n) is 1.45. The summed E-state index contributed by atoms with van der Waals surface area (Å²) in [6.07, 6.45) is 0.